The fraction of sp³-hybridized carbons (Fsp3) is 0.0556. The number of nitrogens with zero attached hydrogens (tertiary/aromatic N) is 3. The Labute approximate surface area is 151 Å². The molecule has 0 aliphatic carbocycles. The minimum absolute atomic E-state index is 0.162. The number of nitrogens with one attached hydrogen (secondary N) is 1. The fourth-order valence-electron chi connectivity index (χ4n) is 2.52. The zero-order chi connectivity index (χ0) is 18.1. The smallest absolute Gasteiger partial charge is 0.258 e. The van der Waals surface area contributed by atoms with Crippen LogP contribution >= 0.6 is 11.3 Å². The van der Waals surface area contributed by atoms with Crippen molar-refractivity contribution >= 4 is 28.2 Å². The monoisotopic (exact) mass is 368 g/mol. The second-order valence-electron chi connectivity index (χ2n) is 5.45. The molecule has 4 aromatic rings. The minimum atomic E-state index is -0.475. The van der Waals surface area contributed by atoms with Gasteiger partial charge in [0.25, 0.3) is 11.9 Å². The number of ether oxygens (including phenoxy) is 1. The van der Waals surface area contributed by atoms with E-state index in [0.717, 1.165) is 23.1 Å². The largest absolute Gasteiger partial charge is 0.497 e. The molecule has 0 aliphatic heterocycles. The molecular weight excluding hydrogens is 355 g/mol. The van der Waals surface area contributed by atoms with E-state index < -0.39 is 11.7 Å². The summed E-state index contributed by atoms with van der Waals surface area (Å²) >= 11 is 1.41. The third kappa shape index (κ3) is 3.02. The molecule has 130 valence electrons. The van der Waals surface area contributed by atoms with Crippen molar-refractivity contribution in [3.63, 3.8) is 0 Å². The van der Waals surface area contributed by atoms with E-state index in [1.54, 1.807) is 11.6 Å². The lowest BCUT2D eigenvalue weighted by molar-refractivity contribution is 0.102. The number of hydrogen-bond donors (Lipinski definition) is 1. The number of hydrogen-bond acceptors (Lipinski definition) is 5. The fourth-order valence-corrected chi connectivity index (χ4v) is 3.35. The number of anilines is 1. The molecular formula is C18H13FN4O2S. The Bertz CT molecular complexity index is 1110. The molecule has 0 aliphatic rings. The van der Waals surface area contributed by atoms with Crippen LogP contribution in [-0.4, -0.2) is 27.6 Å². The van der Waals surface area contributed by atoms with Crippen LogP contribution in [0.15, 0.2) is 53.9 Å². The zero-order valence-corrected chi connectivity index (χ0v) is 14.5. The lowest BCUT2D eigenvalue weighted by Gasteiger charge is -2.03. The molecule has 0 radical (unpaired) electrons. The van der Waals surface area contributed by atoms with Gasteiger partial charge >= 0.3 is 0 Å². The molecule has 0 spiro atoms. The Kier molecular flexibility index (Phi) is 4.10. The summed E-state index contributed by atoms with van der Waals surface area (Å²) in [6, 6.07) is 13.0. The minimum Gasteiger partial charge on any atom is -0.497 e. The van der Waals surface area contributed by atoms with Gasteiger partial charge in [-0.3, -0.25) is 10.1 Å². The van der Waals surface area contributed by atoms with Gasteiger partial charge in [-0.25, -0.2) is 8.91 Å². The molecule has 0 fully saturated rings. The number of fused-ring (bicyclic) bond motifs is 1. The highest BCUT2D eigenvalue weighted by atomic mass is 32.1. The van der Waals surface area contributed by atoms with Crippen LogP contribution in [0.25, 0.3) is 16.2 Å². The summed E-state index contributed by atoms with van der Waals surface area (Å²) < 4.78 is 20.2. The van der Waals surface area contributed by atoms with E-state index in [9.17, 15) is 9.18 Å². The first-order valence-corrected chi connectivity index (χ1v) is 8.57. The predicted octanol–water partition coefficient (Wildman–Crippen LogP) is 3.86. The highest BCUT2D eigenvalue weighted by Gasteiger charge is 2.15. The summed E-state index contributed by atoms with van der Waals surface area (Å²) in [6.07, 6.45) is 0. The number of thiazole rings is 1. The van der Waals surface area contributed by atoms with E-state index in [-0.39, 0.29) is 11.5 Å². The van der Waals surface area contributed by atoms with Gasteiger partial charge in [0.05, 0.1) is 12.8 Å². The third-order valence-corrected chi connectivity index (χ3v) is 4.58. The molecule has 4 rings (SSSR count). The van der Waals surface area contributed by atoms with Crippen LogP contribution in [0.5, 0.6) is 5.75 Å². The van der Waals surface area contributed by atoms with Crippen LogP contribution in [-0.2, 0) is 0 Å². The summed E-state index contributed by atoms with van der Waals surface area (Å²) in [4.78, 5) is 17.2. The van der Waals surface area contributed by atoms with Gasteiger partial charge in [-0.15, -0.1) is 16.4 Å². The van der Waals surface area contributed by atoms with Gasteiger partial charge in [0.1, 0.15) is 11.6 Å². The van der Waals surface area contributed by atoms with Gasteiger partial charge < -0.3 is 4.74 Å². The Balaban J connectivity index is 1.64. The maximum Gasteiger partial charge on any atom is 0.258 e. The number of carbonyl (C=O) groups excluding carboxylic acids is 1. The van der Waals surface area contributed by atoms with Crippen molar-refractivity contribution in [2.45, 2.75) is 0 Å². The van der Waals surface area contributed by atoms with Crippen molar-refractivity contribution in [3.8, 4) is 17.0 Å². The van der Waals surface area contributed by atoms with E-state index >= 15 is 0 Å². The predicted molar refractivity (Wildman–Crippen MR) is 97.2 cm³/mol. The maximum atomic E-state index is 13.3. The molecule has 1 N–H and O–H groups in total. The Hall–Kier alpha value is -3.26. The van der Waals surface area contributed by atoms with Crippen molar-refractivity contribution in [2.24, 2.45) is 0 Å². The first kappa shape index (κ1) is 16.2. The second kappa shape index (κ2) is 6.57. The van der Waals surface area contributed by atoms with Crippen molar-refractivity contribution in [1.82, 2.24) is 14.6 Å². The summed E-state index contributed by atoms with van der Waals surface area (Å²) in [5, 5.41) is 8.87. The first-order chi connectivity index (χ1) is 12.6. The molecule has 26 heavy (non-hydrogen) atoms. The van der Waals surface area contributed by atoms with Crippen LogP contribution in [0.3, 0.4) is 0 Å². The van der Waals surface area contributed by atoms with Crippen molar-refractivity contribution in [3.05, 3.63) is 65.3 Å². The average molecular weight is 368 g/mol. The Morgan fingerprint density at radius 1 is 1.23 bits per heavy atom. The number of aromatic nitrogens is 3. The van der Waals surface area contributed by atoms with Gasteiger partial charge in [-0.05, 0) is 30.3 Å². The summed E-state index contributed by atoms with van der Waals surface area (Å²) in [6.45, 7) is 0. The zero-order valence-electron chi connectivity index (χ0n) is 13.6. The van der Waals surface area contributed by atoms with Crippen LogP contribution in [0.2, 0.25) is 0 Å². The number of benzene rings is 2. The number of amides is 1. The standard InChI is InChI=1S/C18H13FN4O2S/c1-25-14-7-3-4-11(9-14)15-10-26-18-21-17(22-23(15)18)20-16(24)12-5-2-6-13(19)8-12/h2-10H,1H3,(H,20,22,24). The van der Waals surface area contributed by atoms with Crippen molar-refractivity contribution < 1.29 is 13.9 Å². The van der Waals surface area contributed by atoms with E-state index in [4.69, 9.17) is 4.74 Å². The molecule has 0 saturated carbocycles. The van der Waals surface area contributed by atoms with E-state index in [0.29, 0.717) is 4.96 Å². The Morgan fingerprint density at radius 3 is 2.88 bits per heavy atom. The lowest BCUT2D eigenvalue weighted by atomic mass is 10.2. The number of halogens is 1. The molecule has 8 heteroatoms. The molecule has 2 aromatic carbocycles. The molecule has 0 saturated heterocycles. The maximum absolute atomic E-state index is 13.3. The topological polar surface area (TPSA) is 68.5 Å². The van der Waals surface area contributed by atoms with E-state index in [1.165, 1.54) is 29.5 Å². The summed E-state index contributed by atoms with van der Waals surface area (Å²) in [7, 11) is 1.61. The molecule has 2 aromatic heterocycles. The summed E-state index contributed by atoms with van der Waals surface area (Å²) in [5.74, 6) is -0.0423. The molecule has 6 nitrogen and oxygen atoms in total. The highest BCUT2D eigenvalue weighted by molar-refractivity contribution is 7.15. The molecule has 1 amide bonds. The van der Waals surface area contributed by atoms with E-state index in [1.807, 2.05) is 29.6 Å². The number of carbonyl (C=O) groups is 1. The summed E-state index contributed by atoms with van der Waals surface area (Å²) in [5.41, 5.74) is 1.96. The van der Waals surface area contributed by atoms with Crippen LogP contribution < -0.4 is 10.1 Å². The quantitative estimate of drug-likeness (QED) is 0.594. The van der Waals surface area contributed by atoms with Crippen molar-refractivity contribution in [1.29, 1.82) is 0 Å². The normalized spacial score (nSPS) is 10.8. The molecule has 0 unspecified atom stereocenters. The van der Waals surface area contributed by atoms with Gasteiger partial charge in [0.2, 0.25) is 4.96 Å². The second-order valence-corrected chi connectivity index (χ2v) is 6.28. The third-order valence-electron chi connectivity index (χ3n) is 3.76. The van der Waals surface area contributed by atoms with Crippen LogP contribution in [0, 0.1) is 5.82 Å². The number of rotatable bonds is 4. The van der Waals surface area contributed by atoms with Gasteiger partial charge in [-0.2, -0.15) is 4.98 Å². The SMILES string of the molecule is COc1cccc(-c2csc3nc(NC(=O)c4cccc(F)c4)nn23)c1. The van der Waals surface area contributed by atoms with Gasteiger partial charge in [-0.1, -0.05) is 18.2 Å². The van der Waals surface area contributed by atoms with Gasteiger partial charge in [0, 0.05) is 16.5 Å². The molecule has 0 bridgehead atoms. The molecule has 0 atom stereocenters. The van der Waals surface area contributed by atoms with Crippen molar-refractivity contribution in [2.75, 3.05) is 12.4 Å². The first-order valence-electron chi connectivity index (χ1n) is 7.69. The number of methoxy groups -OCH3 is 1. The average Bonchev–Trinajstić information content (AvgIpc) is 3.21. The van der Waals surface area contributed by atoms with Crippen LogP contribution in [0.4, 0.5) is 10.3 Å². The van der Waals surface area contributed by atoms with Gasteiger partial charge in [0.15, 0.2) is 0 Å². The highest BCUT2D eigenvalue weighted by Crippen LogP contribution is 2.28. The van der Waals surface area contributed by atoms with Crippen LogP contribution in [0.1, 0.15) is 10.4 Å². The lowest BCUT2D eigenvalue weighted by Crippen LogP contribution is -2.13. The Morgan fingerprint density at radius 2 is 2.08 bits per heavy atom. The van der Waals surface area contributed by atoms with E-state index in [2.05, 4.69) is 15.4 Å². The molecule has 2 heterocycles.